The second-order valence-corrected chi connectivity index (χ2v) is 4.05. The van der Waals surface area contributed by atoms with E-state index in [4.69, 9.17) is 10.00 Å². The highest BCUT2D eigenvalue weighted by atomic mass is 16.5. The van der Waals surface area contributed by atoms with Crippen LogP contribution in [0.5, 0.6) is 0 Å². The van der Waals surface area contributed by atoms with E-state index in [1.807, 2.05) is 24.3 Å². The van der Waals surface area contributed by atoms with Crippen LogP contribution in [-0.2, 0) is 11.3 Å². The maximum absolute atomic E-state index is 8.94. The van der Waals surface area contributed by atoms with Crippen LogP contribution < -0.4 is 5.32 Å². The van der Waals surface area contributed by atoms with E-state index in [2.05, 4.69) is 11.4 Å². The summed E-state index contributed by atoms with van der Waals surface area (Å²) in [6.45, 7) is 2.56. The predicted octanol–water partition coefficient (Wildman–Crippen LogP) is 1.83. The van der Waals surface area contributed by atoms with Gasteiger partial charge in [0.25, 0.3) is 0 Å². The van der Waals surface area contributed by atoms with E-state index in [0.717, 1.165) is 25.1 Å². The Hall–Kier alpha value is -1.37. The van der Waals surface area contributed by atoms with Gasteiger partial charge in [0.1, 0.15) is 0 Å². The number of nitriles is 1. The largest absolute Gasteiger partial charge is 0.372 e. The third kappa shape index (κ3) is 2.82. The number of benzene rings is 1. The lowest BCUT2D eigenvalue weighted by atomic mass is 10.1. The van der Waals surface area contributed by atoms with Crippen LogP contribution in [-0.4, -0.2) is 19.2 Å². The summed E-state index contributed by atoms with van der Waals surface area (Å²) in [4.78, 5) is 0. The number of piperidine rings is 1. The Kier molecular flexibility index (Phi) is 3.92. The Bertz CT molecular complexity index is 378. The molecule has 3 nitrogen and oxygen atoms in total. The van der Waals surface area contributed by atoms with Gasteiger partial charge in [-0.3, -0.25) is 0 Å². The molecule has 0 aliphatic carbocycles. The van der Waals surface area contributed by atoms with Gasteiger partial charge >= 0.3 is 0 Å². The molecule has 1 fully saturated rings. The molecule has 0 bridgehead atoms. The Labute approximate surface area is 96.0 Å². The average molecular weight is 216 g/mol. The van der Waals surface area contributed by atoms with Crippen molar-refractivity contribution in [3.05, 3.63) is 35.4 Å². The molecule has 1 atom stereocenters. The van der Waals surface area contributed by atoms with Crippen molar-refractivity contribution in [2.75, 3.05) is 13.1 Å². The third-order valence-corrected chi connectivity index (χ3v) is 2.86. The molecule has 0 radical (unpaired) electrons. The quantitative estimate of drug-likeness (QED) is 0.838. The highest BCUT2D eigenvalue weighted by Gasteiger charge is 2.13. The normalized spacial score (nSPS) is 20.3. The molecule has 2 rings (SSSR count). The van der Waals surface area contributed by atoms with E-state index >= 15 is 0 Å². The van der Waals surface area contributed by atoms with E-state index in [-0.39, 0.29) is 0 Å². The fraction of sp³-hybridized carbons (Fsp3) is 0.462. The first kappa shape index (κ1) is 11.1. The molecular weight excluding hydrogens is 200 g/mol. The van der Waals surface area contributed by atoms with E-state index in [1.54, 1.807) is 0 Å². The monoisotopic (exact) mass is 216 g/mol. The van der Waals surface area contributed by atoms with Crippen molar-refractivity contribution in [2.24, 2.45) is 0 Å². The maximum atomic E-state index is 8.94. The second-order valence-electron chi connectivity index (χ2n) is 4.05. The van der Waals surface area contributed by atoms with E-state index in [0.29, 0.717) is 18.3 Å². The molecule has 0 saturated carbocycles. The fourth-order valence-electron chi connectivity index (χ4n) is 1.92. The second kappa shape index (κ2) is 5.64. The molecule has 1 aliphatic rings. The number of hydrogen-bond donors (Lipinski definition) is 1. The molecule has 1 saturated heterocycles. The smallest absolute Gasteiger partial charge is 0.0995 e. The molecule has 0 aromatic heterocycles. The Morgan fingerprint density at radius 3 is 3.06 bits per heavy atom. The molecule has 1 aromatic rings. The molecule has 1 heterocycles. The average Bonchev–Trinajstić information content (AvgIpc) is 2.38. The van der Waals surface area contributed by atoms with Crippen LogP contribution in [0.2, 0.25) is 0 Å². The number of nitrogens with zero attached hydrogens (tertiary/aromatic N) is 1. The Balaban J connectivity index is 1.91. The van der Waals surface area contributed by atoms with Gasteiger partial charge in [0.2, 0.25) is 0 Å². The van der Waals surface area contributed by atoms with Crippen molar-refractivity contribution in [3.63, 3.8) is 0 Å². The first-order valence-corrected chi connectivity index (χ1v) is 5.70. The molecular formula is C13H16N2O. The van der Waals surface area contributed by atoms with Gasteiger partial charge in [-0.05, 0) is 31.0 Å². The van der Waals surface area contributed by atoms with Crippen LogP contribution in [0.4, 0.5) is 0 Å². The Morgan fingerprint density at radius 2 is 2.31 bits per heavy atom. The number of nitrogens with one attached hydrogen (secondary N) is 1. The summed E-state index contributed by atoms with van der Waals surface area (Å²) in [7, 11) is 0. The first-order chi connectivity index (χ1) is 7.90. The van der Waals surface area contributed by atoms with Gasteiger partial charge in [0.05, 0.1) is 24.3 Å². The molecule has 0 spiro atoms. The van der Waals surface area contributed by atoms with Gasteiger partial charge in [-0.15, -0.1) is 0 Å². The molecule has 1 N–H and O–H groups in total. The molecule has 16 heavy (non-hydrogen) atoms. The molecule has 0 amide bonds. The van der Waals surface area contributed by atoms with Gasteiger partial charge in [-0.2, -0.15) is 5.26 Å². The van der Waals surface area contributed by atoms with Crippen molar-refractivity contribution < 1.29 is 4.74 Å². The minimum absolute atomic E-state index is 0.292. The van der Waals surface area contributed by atoms with Crippen LogP contribution in [0, 0.1) is 11.3 Å². The zero-order valence-electron chi connectivity index (χ0n) is 9.28. The number of rotatable bonds is 3. The van der Waals surface area contributed by atoms with Crippen molar-refractivity contribution in [2.45, 2.75) is 25.6 Å². The van der Waals surface area contributed by atoms with Crippen LogP contribution in [0.15, 0.2) is 24.3 Å². The SMILES string of the molecule is N#Cc1ccccc1COC1CCCNC1. The molecule has 1 aromatic carbocycles. The maximum Gasteiger partial charge on any atom is 0.0995 e. The van der Waals surface area contributed by atoms with Gasteiger partial charge in [-0.1, -0.05) is 18.2 Å². The van der Waals surface area contributed by atoms with Crippen LogP contribution >= 0.6 is 0 Å². The lowest BCUT2D eigenvalue weighted by Gasteiger charge is -2.23. The van der Waals surface area contributed by atoms with Crippen molar-refractivity contribution >= 4 is 0 Å². The lowest BCUT2D eigenvalue weighted by Crippen LogP contribution is -2.35. The molecule has 84 valence electrons. The van der Waals surface area contributed by atoms with Gasteiger partial charge in [-0.25, -0.2) is 0 Å². The third-order valence-electron chi connectivity index (χ3n) is 2.86. The van der Waals surface area contributed by atoms with E-state index in [9.17, 15) is 0 Å². The first-order valence-electron chi connectivity index (χ1n) is 5.70. The van der Waals surface area contributed by atoms with Gasteiger partial charge < -0.3 is 10.1 Å². The summed E-state index contributed by atoms with van der Waals surface area (Å²) in [5, 5.41) is 12.2. The summed E-state index contributed by atoms with van der Waals surface area (Å²) >= 11 is 0. The number of ether oxygens (including phenoxy) is 1. The van der Waals surface area contributed by atoms with E-state index in [1.165, 1.54) is 6.42 Å². The summed E-state index contributed by atoms with van der Waals surface area (Å²) in [5.41, 5.74) is 1.70. The summed E-state index contributed by atoms with van der Waals surface area (Å²) < 4.78 is 5.80. The van der Waals surface area contributed by atoms with Crippen LogP contribution in [0.25, 0.3) is 0 Å². The Morgan fingerprint density at radius 1 is 1.44 bits per heavy atom. The van der Waals surface area contributed by atoms with Crippen molar-refractivity contribution in [3.8, 4) is 6.07 Å². The zero-order chi connectivity index (χ0) is 11.2. The van der Waals surface area contributed by atoms with Crippen LogP contribution in [0.1, 0.15) is 24.0 Å². The van der Waals surface area contributed by atoms with E-state index < -0.39 is 0 Å². The molecule has 3 heteroatoms. The van der Waals surface area contributed by atoms with Crippen molar-refractivity contribution in [1.82, 2.24) is 5.32 Å². The summed E-state index contributed by atoms with van der Waals surface area (Å²) in [6.07, 6.45) is 2.58. The lowest BCUT2D eigenvalue weighted by molar-refractivity contribution is 0.0252. The number of hydrogen-bond acceptors (Lipinski definition) is 3. The minimum atomic E-state index is 0.292. The fourth-order valence-corrected chi connectivity index (χ4v) is 1.92. The van der Waals surface area contributed by atoms with Gasteiger partial charge in [0, 0.05) is 6.54 Å². The van der Waals surface area contributed by atoms with Crippen LogP contribution in [0.3, 0.4) is 0 Å². The summed E-state index contributed by atoms with van der Waals surface area (Å²) in [5.74, 6) is 0. The highest BCUT2D eigenvalue weighted by molar-refractivity contribution is 5.36. The minimum Gasteiger partial charge on any atom is -0.372 e. The highest BCUT2D eigenvalue weighted by Crippen LogP contribution is 2.12. The van der Waals surface area contributed by atoms with Gasteiger partial charge in [0.15, 0.2) is 0 Å². The zero-order valence-corrected chi connectivity index (χ0v) is 9.28. The molecule has 1 unspecified atom stereocenters. The summed E-state index contributed by atoms with van der Waals surface area (Å²) in [6, 6.07) is 9.79. The van der Waals surface area contributed by atoms with Crippen molar-refractivity contribution in [1.29, 1.82) is 5.26 Å². The topological polar surface area (TPSA) is 45.0 Å². The standard InChI is InChI=1S/C13H16N2O/c14-8-11-4-1-2-5-12(11)10-16-13-6-3-7-15-9-13/h1-2,4-5,13,15H,3,6-7,9-10H2. The predicted molar refractivity (Wildman–Crippen MR) is 61.8 cm³/mol. The molecule has 1 aliphatic heterocycles.